The first-order chi connectivity index (χ1) is 18.6. The fourth-order valence-corrected chi connectivity index (χ4v) is 4.61. The highest BCUT2D eigenvalue weighted by Crippen LogP contribution is 2.30. The van der Waals surface area contributed by atoms with Crippen molar-refractivity contribution in [1.29, 1.82) is 0 Å². The zero-order valence-electron chi connectivity index (χ0n) is 21.5. The number of piperazine rings is 1. The summed E-state index contributed by atoms with van der Waals surface area (Å²) in [7, 11) is 1.68. The van der Waals surface area contributed by atoms with Crippen LogP contribution in [-0.2, 0) is 4.79 Å². The number of benzene rings is 3. The summed E-state index contributed by atoms with van der Waals surface area (Å²) in [4.78, 5) is 29.7. The minimum atomic E-state index is -0.298. The summed E-state index contributed by atoms with van der Waals surface area (Å²) in [6, 6.07) is 22.6. The molecule has 0 unspecified atom stereocenters. The van der Waals surface area contributed by atoms with Gasteiger partial charge in [-0.2, -0.15) is 0 Å². The minimum Gasteiger partial charge on any atom is -0.497 e. The van der Waals surface area contributed by atoms with E-state index >= 15 is 0 Å². The maximum atomic E-state index is 12.6. The Bertz CT molecular complexity index is 1300. The number of nitrogens with one attached hydrogen (secondary N) is 2. The number of ether oxygens (including phenoxy) is 2. The van der Waals surface area contributed by atoms with Crippen molar-refractivity contribution in [2.24, 2.45) is 0 Å². The highest BCUT2D eigenvalue weighted by molar-refractivity contribution is 6.08. The van der Waals surface area contributed by atoms with E-state index in [2.05, 4.69) is 32.6 Å². The molecule has 8 heteroatoms. The van der Waals surface area contributed by atoms with E-state index in [1.54, 1.807) is 49.6 Å². The number of amides is 2. The molecule has 0 bridgehead atoms. The number of rotatable bonds is 8. The molecule has 0 spiro atoms. The van der Waals surface area contributed by atoms with E-state index in [1.165, 1.54) is 5.69 Å². The Hall–Kier alpha value is -4.30. The van der Waals surface area contributed by atoms with Gasteiger partial charge in [0.25, 0.3) is 11.8 Å². The Morgan fingerprint density at radius 3 is 2.47 bits per heavy atom. The van der Waals surface area contributed by atoms with E-state index in [1.807, 2.05) is 24.3 Å². The number of fused-ring (bicyclic) bond motifs is 1. The number of carbonyl (C=O) groups excluding carboxylic acids is 2. The number of anilines is 2. The molecule has 2 heterocycles. The first-order valence-corrected chi connectivity index (χ1v) is 12.9. The van der Waals surface area contributed by atoms with Crippen LogP contribution in [0.4, 0.5) is 11.4 Å². The SMILES string of the molecule is COc1ccc(N2CCN(CCCNC(=O)c3ccc(C=C4Oc5ccccc5NC4=O)cc3)CC2)cc1. The van der Waals surface area contributed by atoms with Crippen molar-refractivity contribution in [2.75, 3.05) is 56.6 Å². The van der Waals surface area contributed by atoms with Crippen molar-refractivity contribution in [2.45, 2.75) is 6.42 Å². The molecule has 1 fully saturated rings. The first kappa shape index (κ1) is 25.4. The molecule has 0 saturated carbocycles. The summed E-state index contributed by atoms with van der Waals surface area (Å²) in [6.07, 6.45) is 2.56. The van der Waals surface area contributed by atoms with E-state index < -0.39 is 0 Å². The molecule has 2 aliphatic heterocycles. The van der Waals surface area contributed by atoms with E-state index in [-0.39, 0.29) is 17.6 Å². The number of hydrogen-bond acceptors (Lipinski definition) is 6. The molecular formula is C30H32N4O4. The number of para-hydroxylation sites is 2. The normalized spacial score (nSPS) is 16.4. The van der Waals surface area contributed by atoms with Gasteiger partial charge in [-0.25, -0.2) is 0 Å². The van der Waals surface area contributed by atoms with Crippen LogP contribution in [0.25, 0.3) is 6.08 Å². The van der Waals surface area contributed by atoms with E-state index in [0.29, 0.717) is 23.5 Å². The summed E-state index contributed by atoms with van der Waals surface area (Å²) in [5.41, 5.74) is 3.23. The van der Waals surface area contributed by atoms with Crippen LogP contribution in [0.3, 0.4) is 0 Å². The molecule has 0 atom stereocenters. The fourth-order valence-electron chi connectivity index (χ4n) is 4.61. The van der Waals surface area contributed by atoms with E-state index in [9.17, 15) is 9.59 Å². The monoisotopic (exact) mass is 512 g/mol. The zero-order valence-corrected chi connectivity index (χ0v) is 21.5. The van der Waals surface area contributed by atoms with Crippen molar-refractivity contribution >= 4 is 29.3 Å². The topological polar surface area (TPSA) is 83.1 Å². The zero-order chi connectivity index (χ0) is 26.3. The van der Waals surface area contributed by atoms with Gasteiger partial charge in [-0.1, -0.05) is 24.3 Å². The maximum absolute atomic E-state index is 12.6. The van der Waals surface area contributed by atoms with Gasteiger partial charge in [0.1, 0.15) is 5.75 Å². The van der Waals surface area contributed by atoms with Gasteiger partial charge >= 0.3 is 0 Å². The highest BCUT2D eigenvalue weighted by Gasteiger charge is 2.21. The third-order valence-electron chi connectivity index (χ3n) is 6.80. The molecule has 3 aromatic carbocycles. The maximum Gasteiger partial charge on any atom is 0.291 e. The lowest BCUT2D eigenvalue weighted by Crippen LogP contribution is -2.47. The summed E-state index contributed by atoms with van der Waals surface area (Å²) in [5.74, 6) is 1.29. The fraction of sp³-hybridized carbons (Fsp3) is 0.267. The third kappa shape index (κ3) is 6.15. The summed E-state index contributed by atoms with van der Waals surface area (Å²) in [6.45, 7) is 5.56. The Labute approximate surface area is 222 Å². The number of methoxy groups -OCH3 is 1. The molecule has 38 heavy (non-hydrogen) atoms. The van der Waals surface area contributed by atoms with Crippen LogP contribution < -0.4 is 25.0 Å². The standard InChI is InChI=1S/C30H32N4O4/c1-37-25-13-11-24(12-14-25)34-19-17-33(18-20-34)16-4-15-31-29(35)23-9-7-22(8-10-23)21-28-30(36)32-26-5-2-3-6-27(26)38-28/h2-3,5-14,21H,4,15-20H2,1H3,(H,31,35)(H,32,36). The van der Waals surface area contributed by atoms with Gasteiger partial charge in [-0.15, -0.1) is 0 Å². The van der Waals surface area contributed by atoms with Gasteiger partial charge in [0.15, 0.2) is 11.5 Å². The Kier molecular flexibility index (Phi) is 7.89. The van der Waals surface area contributed by atoms with Gasteiger partial charge in [-0.3, -0.25) is 14.5 Å². The van der Waals surface area contributed by atoms with Gasteiger partial charge in [-0.05, 0) is 73.1 Å². The molecule has 8 nitrogen and oxygen atoms in total. The van der Waals surface area contributed by atoms with Crippen molar-refractivity contribution in [3.05, 3.63) is 89.7 Å². The van der Waals surface area contributed by atoms with E-state index in [4.69, 9.17) is 9.47 Å². The quantitative estimate of drug-likeness (QED) is 0.351. The number of carbonyl (C=O) groups is 2. The van der Waals surface area contributed by atoms with Crippen molar-refractivity contribution in [3.63, 3.8) is 0 Å². The van der Waals surface area contributed by atoms with Crippen LogP contribution in [0.15, 0.2) is 78.6 Å². The summed E-state index contributed by atoms with van der Waals surface area (Å²) >= 11 is 0. The summed E-state index contributed by atoms with van der Waals surface area (Å²) < 4.78 is 11.0. The second-order valence-corrected chi connectivity index (χ2v) is 9.32. The molecule has 0 radical (unpaired) electrons. The molecule has 0 aliphatic carbocycles. The van der Waals surface area contributed by atoms with Gasteiger partial charge in [0.05, 0.1) is 12.8 Å². The molecular weight excluding hydrogens is 480 g/mol. The van der Waals surface area contributed by atoms with Crippen LogP contribution >= 0.6 is 0 Å². The van der Waals surface area contributed by atoms with Crippen LogP contribution in [0.1, 0.15) is 22.3 Å². The molecule has 2 amide bonds. The molecule has 0 aromatic heterocycles. The lowest BCUT2D eigenvalue weighted by molar-refractivity contribution is -0.115. The first-order valence-electron chi connectivity index (χ1n) is 12.9. The lowest BCUT2D eigenvalue weighted by Gasteiger charge is -2.36. The number of hydrogen-bond donors (Lipinski definition) is 2. The smallest absolute Gasteiger partial charge is 0.291 e. The Balaban J connectivity index is 1.04. The van der Waals surface area contributed by atoms with Crippen LogP contribution in [0, 0.1) is 0 Å². The average molecular weight is 513 g/mol. The average Bonchev–Trinajstić information content (AvgIpc) is 2.96. The van der Waals surface area contributed by atoms with Crippen molar-refractivity contribution in [3.8, 4) is 11.5 Å². The molecule has 3 aromatic rings. The predicted molar refractivity (Wildman–Crippen MR) is 149 cm³/mol. The van der Waals surface area contributed by atoms with Crippen LogP contribution in [0.5, 0.6) is 11.5 Å². The third-order valence-corrected chi connectivity index (χ3v) is 6.80. The van der Waals surface area contributed by atoms with Crippen LogP contribution in [-0.4, -0.2) is 63.1 Å². The molecule has 5 rings (SSSR count). The van der Waals surface area contributed by atoms with Crippen molar-refractivity contribution < 1.29 is 19.1 Å². The van der Waals surface area contributed by atoms with Gasteiger partial charge in [0, 0.05) is 44.0 Å². The second kappa shape index (κ2) is 11.8. The second-order valence-electron chi connectivity index (χ2n) is 9.32. The van der Waals surface area contributed by atoms with Gasteiger partial charge in [0.2, 0.25) is 0 Å². The molecule has 196 valence electrons. The Morgan fingerprint density at radius 2 is 1.74 bits per heavy atom. The summed E-state index contributed by atoms with van der Waals surface area (Å²) in [5, 5.41) is 5.83. The molecule has 1 saturated heterocycles. The van der Waals surface area contributed by atoms with Crippen molar-refractivity contribution in [1.82, 2.24) is 10.2 Å². The highest BCUT2D eigenvalue weighted by atomic mass is 16.5. The number of nitrogens with zero attached hydrogens (tertiary/aromatic N) is 2. The predicted octanol–water partition coefficient (Wildman–Crippen LogP) is 4.01. The van der Waals surface area contributed by atoms with Crippen LogP contribution in [0.2, 0.25) is 0 Å². The lowest BCUT2D eigenvalue weighted by atomic mass is 10.1. The van der Waals surface area contributed by atoms with E-state index in [0.717, 1.165) is 50.5 Å². The van der Waals surface area contributed by atoms with Gasteiger partial charge < -0.3 is 25.0 Å². The largest absolute Gasteiger partial charge is 0.497 e. The molecule has 2 aliphatic rings. The minimum absolute atomic E-state index is 0.103. The Morgan fingerprint density at radius 1 is 1.00 bits per heavy atom. The molecule has 2 N–H and O–H groups in total.